The highest BCUT2D eigenvalue weighted by Gasteiger charge is 2.17. The van der Waals surface area contributed by atoms with Crippen molar-refractivity contribution in [1.82, 2.24) is 0 Å². The van der Waals surface area contributed by atoms with Gasteiger partial charge >= 0.3 is 0 Å². The fourth-order valence-electron chi connectivity index (χ4n) is 2.22. The maximum Gasteiger partial charge on any atom is 0.265 e. The number of ether oxygens (including phenoxy) is 1. The molecule has 0 saturated heterocycles. The molecule has 0 aliphatic rings. The van der Waals surface area contributed by atoms with Gasteiger partial charge in [-0.15, -0.1) is 0 Å². The smallest absolute Gasteiger partial charge is 0.265 e. The monoisotopic (exact) mass is 372 g/mol. The van der Waals surface area contributed by atoms with Crippen molar-refractivity contribution in [2.24, 2.45) is 0 Å². The highest BCUT2D eigenvalue weighted by molar-refractivity contribution is 9.10. The first-order chi connectivity index (χ1) is 10.9. The predicted molar refractivity (Wildman–Crippen MR) is 93.5 cm³/mol. The zero-order valence-electron chi connectivity index (χ0n) is 13.2. The first-order valence-corrected chi connectivity index (χ1v) is 7.94. The molecule has 0 radical (unpaired) electrons. The average Bonchev–Trinajstić information content (AvgIpc) is 2.50. The van der Waals surface area contributed by atoms with Crippen LogP contribution in [0.2, 0.25) is 0 Å². The van der Waals surface area contributed by atoms with Crippen LogP contribution in [0.5, 0.6) is 5.75 Å². The maximum atomic E-state index is 12.3. The molecule has 1 unspecified atom stereocenters. The van der Waals surface area contributed by atoms with Crippen molar-refractivity contribution in [2.75, 3.05) is 5.32 Å². The lowest BCUT2D eigenvalue weighted by Crippen LogP contribution is -2.30. The van der Waals surface area contributed by atoms with Gasteiger partial charge < -0.3 is 10.1 Å². The van der Waals surface area contributed by atoms with Crippen LogP contribution in [-0.2, 0) is 4.79 Å². The van der Waals surface area contributed by atoms with Crippen LogP contribution in [0, 0.1) is 25.2 Å². The van der Waals surface area contributed by atoms with E-state index in [4.69, 9.17) is 10.00 Å². The fourth-order valence-corrected chi connectivity index (χ4v) is 2.91. The van der Waals surface area contributed by atoms with E-state index in [2.05, 4.69) is 21.2 Å². The maximum absolute atomic E-state index is 12.3. The van der Waals surface area contributed by atoms with Crippen LogP contribution >= 0.6 is 15.9 Å². The molecule has 0 aromatic heterocycles. The van der Waals surface area contributed by atoms with Gasteiger partial charge in [0, 0.05) is 10.2 Å². The number of amides is 1. The Hall–Kier alpha value is -2.32. The van der Waals surface area contributed by atoms with Gasteiger partial charge in [0.05, 0.1) is 11.6 Å². The minimum Gasteiger partial charge on any atom is -0.480 e. The summed E-state index contributed by atoms with van der Waals surface area (Å²) in [6.45, 7) is 5.58. The van der Waals surface area contributed by atoms with Gasteiger partial charge in [-0.2, -0.15) is 5.26 Å². The van der Waals surface area contributed by atoms with E-state index in [1.165, 1.54) is 0 Å². The Morgan fingerprint density at radius 3 is 2.52 bits per heavy atom. The molecule has 0 heterocycles. The Labute approximate surface area is 144 Å². The number of nitrogens with one attached hydrogen (secondary N) is 1. The number of hydrogen-bond acceptors (Lipinski definition) is 3. The predicted octanol–water partition coefficient (Wildman–Crippen LogP) is 4.34. The Balaban J connectivity index is 2.10. The van der Waals surface area contributed by atoms with E-state index in [-0.39, 0.29) is 5.91 Å². The molecule has 1 N–H and O–H groups in total. The molecule has 4 nitrogen and oxygen atoms in total. The number of nitriles is 1. The molecule has 118 valence electrons. The zero-order chi connectivity index (χ0) is 17.0. The first kappa shape index (κ1) is 17.0. The Bertz CT molecular complexity index is 758. The third kappa shape index (κ3) is 4.33. The molecule has 1 atom stereocenters. The second-order valence-corrected chi connectivity index (χ2v) is 6.23. The standard InChI is InChI=1S/C18H17BrN2O2/c1-11-7-15(19)8-12(2)17(11)23-13(3)18(22)21-16-6-4-5-14(9-16)10-20/h4-9,13H,1-3H3,(H,21,22). The Morgan fingerprint density at radius 1 is 1.26 bits per heavy atom. The normalized spacial score (nSPS) is 11.4. The van der Waals surface area contributed by atoms with E-state index in [1.54, 1.807) is 31.2 Å². The van der Waals surface area contributed by atoms with Gasteiger partial charge in [-0.05, 0) is 62.2 Å². The number of benzene rings is 2. The van der Waals surface area contributed by atoms with Crippen LogP contribution in [0.25, 0.3) is 0 Å². The number of carbonyl (C=O) groups excluding carboxylic acids is 1. The summed E-state index contributed by atoms with van der Waals surface area (Å²) in [7, 11) is 0. The van der Waals surface area contributed by atoms with Crippen molar-refractivity contribution in [3.05, 3.63) is 57.6 Å². The highest BCUT2D eigenvalue weighted by atomic mass is 79.9. The summed E-state index contributed by atoms with van der Waals surface area (Å²) in [4.78, 5) is 12.3. The third-order valence-electron chi connectivity index (χ3n) is 3.35. The lowest BCUT2D eigenvalue weighted by molar-refractivity contribution is -0.122. The van der Waals surface area contributed by atoms with Crippen molar-refractivity contribution < 1.29 is 9.53 Å². The van der Waals surface area contributed by atoms with Crippen LogP contribution in [0.3, 0.4) is 0 Å². The van der Waals surface area contributed by atoms with Crippen LogP contribution in [0.15, 0.2) is 40.9 Å². The minimum absolute atomic E-state index is 0.262. The molecule has 0 saturated carbocycles. The lowest BCUT2D eigenvalue weighted by atomic mass is 10.1. The van der Waals surface area contributed by atoms with Gasteiger partial charge in [0.2, 0.25) is 0 Å². The van der Waals surface area contributed by atoms with E-state index in [0.717, 1.165) is 15.6 Å². The molecule has 0 spiro atoms. The molecular formula is C18H17BrN2O2. The molecule has 0 aliphatic heterocycles. The van der Waals surface area contributed by atoms with E-state index >= 15 is 0 Å². The molecule has 2 aromatic carbocycles. The number of aryl methyl sites for hydroxylation is 2. The summed E-state index contributed by atoms with van der Waals surface area (Å²) in [5.41, 5.74) is 3.00. The summed E-state index contributed by atoms with van der Waals surface area (Å²) < 4.78 is 6.80. The van der Waals surface area contributed by atoms with Crippen LogP contribution < -0.4 is 10.1 Å². The Kier molecular flexibility index (Phi) is 5.41. The number of hydrogen-bond donors (Lipinski definition) is 1. The molecule has 0 bridgehead atoms. The van der Waals surface area contributed by atoms with E-state index in [0.29, 0.717) is 17.0 Å². The molecule has 23 heavy (non-hydrogen) atoms. The molecule has 2 aromatic rings. The first-order valence-electron chi connectivity index (χ1n) is 7.15. The van der Waals surface area contributed by atoms with Gasteiger partial charge in [0.1, 0.15) is 5.75 Å². The van der Waals surface area contributed by atoms with E-state index in [1.807, 2.05) is 32.0 Å². The summed E-state index contributed by atoms with van der Waals surface area (Å²) in [6, 6.07) is 12.7. The van der Waals surface area contributed by atoms with Crippen molar-refractivity contribution in [1.29, 1.82) is 5.26 Å². The van der Waals surface area contributed by atoms with Crippen LogP contribution in [-0.4, -0.2) is 12.0 Å². The van der Waals surface area contributed by atoms with E-state index < -0.39 is 6.10 Å². The van der Waals surface area contributed by atoms with Crippen LogP contribution in [0.4, 0.5) is 5.69 Å². The third-order valence-corrected chi connectivity index (χ3v) is 3.81. The largest absolute Gasteiger partial charge is 0.480 e. The van der Waals surface area contributed by atoms with Gasteiger partial charge in [0.15, 0.2) is 6.10 Å². The summed E-state index contributed by atoms with van der Waals surface area (Å²) in [6.07, 6.45) is -0.653. The van der Waals surface area contributed by atoms with Gasteiger partial charge in [-0.25, -0.2) is 0 Å². The van der Waals surface area contributed by atoms with Crippen LogP contribution in [0.1, 0.15) is 23.6 Å². The number of carbonyl (C=O) groups is 1. The second kappa shape index (κ2) is 7.30. The average molecular weight is 373 g/mol. The molecule has 0 fully saturated rings. The number of rotatable bonds is 4. The molecule has 2 rings (SSSR count). The fraction of sp³-hybridized carbons (Fsp3) is 0.222. The topological polar surface area (TPSA) is 62.1 Å². The van der Waals surface area contributed by atoms with Gasteiger partial charge in [0.25, 0.3) is 5.91 Å². The van der Waals surface area contributed by atoms with Crippen molar-refractivity contribution in [2.45, 2.75) is 26.9 Å². The molecule has 0 aliphatic carbocycles. The quantitative estimate of drug-likeness (QED) is 0.867. The molecule has 1 amide bonds. The van der Waals surface area contributed by atoms with E-state index in [9.17, 15) is 4.79 Å². The number of anilines is 1. The highest BCUT2D eigenvalue weighted by Crippen LogP contribution is 2.28. The summed E-state index contributed by atoms with van der Waals surface area (Å²) >= 11 is 3.44. The second-order valence-electron chi connectivity index (χ2n) is 5.31. The molecule has 5 heteroatoms. The SMILES string of the molecule is Cc1cc(Br)cc(C)c1OC(C)C(=O)Nc1cccc(C#N)c1. The lowest BCUT2D eigenvalue weighted by Gasteiger charge is -2.18. The van der Waals surface area contributed by atoms with Gasteiger partial charge in [-0.1, -0.05) is 22.0 Å². The number of halogens is 1. The summed E-state index contributed by atoms with van der Waals surface area (Å²) in [5, 5.41) is 11.7. The summed E-state index contributed by atoms with van der Waals surface area (Å²) in [5.74, 6) is 0.448. The van der Waals surface area contributed by atoms with Crippen molar-refractivity contribution in [3.8, 4) is 11.8 Å². The zero-order valence-corrected chi connectivity index (χ0v) is 14.8. The Morgan fingerprint density at radius 2 is 1.91 bits per heavy atom. The van der Waals surface area contributed by atoms with Gasteiger partial charge in [-0.3, -0.25) is 4.79 Å². The van der Waals surface area contributed by atoms with Crippen molar-refractivity contribution in [3.63, 3.8) is 0 Å². The van der Waals surface area contributed by atoms with Crippen molar-refractivity contribution >= 4 is 27.5 Å². The number of nitrogens with zero attached hydrogens (tertiary/aromatic N) is 1. The minimum atomic E-state index is -0.653. The molecular weight excluding hydrogens is 356 g/mol.